The van der Waals surface area contributed by atoms with E-state index in [4.69, 9.17) is 4.42 Å². The molecule has 0 aliphatic heterocycles. The summed E-state index contributed by atoms with van der Waals surface area (Å²) >= 11 is 0. The summed E-state index contributed by atoms with van der Waals surface area (Å²) in [4.78, 5) is 11.7. The molecule has 3 aromatic rings. The predicted molar refractivity (Wildman–Crippen MR) is 78.5 cm³/mol. The van der Waals surface area contributed by atoms with Gasteiger partial charge in [0, 0.05) is 17.0 Å². The van der Waals surface area contributed by atoms with E-state index in [1.165, 1.54) is 4.68 Å². The van der Waals surface area contributed by atoms with Gasteiger partial charge in [-0.25, -0.2) is 4.68 Å². The van der Waals surface area contributed by atoms with Crippen molar-refractivity contribution in [2.45, 2.75) is 26.4 Å². The lowest BCUT2D eigenvalue weighted by Gasteiger charge is -2.07. The summed E-state index contributed by atoms with van der Waals surface area (Å²) in [7, 11) is 0. The van der Waals surface area contributed by atoms with E-state index >= 15 is 0 Å². The molecule has 0 saturated heterocycles. The molecular weight excluding hydrogens is 268 g/mol. The van der Waals surface area contributed by atoms with Gasteiger partial charge in [-0.05, 0) is 38.1 Å². The molecule has 0 bridgehead atoms. The van der Waals surface area contributed by atoms with Crippen LogP contribution in [0, 0.1) is 0 Å². The molecule has 21 heavy (non-hydrogen) atoms. The van der Waals surface area contributed by atoms with Gasteiger partial charge in [-0.3, -0.25) is 4.79 Å². The van der Waals surface area contributed by atoms with Crippen molar-refractivity contribution in [2.75, 3.05) is 0 Å². The van der Waals surface area contributed by atoms with Gasteiger partial charge in [-0.2, -0.15) is 0 Å². The van der Waals surface area contributed by atoms with Crippen LogP contribution in [0.5, 0.6) is 0 Å². The largest absolute Gasteiger partial charge is 0.464 e. The summed E-state index contributed by atoms with van der Waals surface area (Å²) in [5.41, 5.74) is 2.51. The number of carbonyl (C=O) groups excluding carboxylic acids is 1. The minimum Gasteiger partial charge on any atom is -0.464 e. The Morgan fingerprint density at radius 1 is 1.38 bits per heavy atom. The molecule has 6 heteroatoms. The van der Waals surface area contributed by atoms with Crippen molar-refractivity contribution in [3.8, 4) is 11.3 Å². The first-order valence-electron chi connectivity index (χ1n) is 6.79. The maximum Gasteiger partial charge on any atom is 0.241 e. The Morgan fingerprint density at radius 3 is 3.05 bits per heavy atom. The van der Waals surface area contributed by atoms with Crippen LogP contribution < -0.4 is 5.32 Å². The van der Waals surface area contributed by atoms with Crippen LogP contribution in [0.1, 0.15) is 13.8 Å². The number of rotatable bonds is 4. The molecule has 0 fully saturated rings. The zero-order valence-corrected chi connectivity index (χ0v) is 11.9. The second kappa shape index (κ2) is 5.40. The van der Waals surface area contributed by atoms with Gasteiger partial charge in [0.05, 0.1) is 12.5 Å². The summed E-state index contributed by atoms with van der Waals surface area (Å²) in [6.07, 6.45) is 3.42. The Balaban J connectivity index is 1.79. The number of hydrogen-bond donors (Lipinski definition) is 1. The Kier molecular flexibility index (Phi) is 3.43. The van der Waals surface area contributed by atoms with Crippen LogP contribution in [0.15, 0.2) is 41.1 Å². The molecule has 6 nitrogen and oxygen atoms in total. The Morgan fingerprint density at radius 2 is 2.24 bits per heavy atom. The lowest BCUT2D eigenvalue weighted by Crippen LogP contribution is -2.33. The number of carbonyl (C=O) groups is 1. The first-order valence-corrected chi connectivity index (χ1v) is 6.79. The van der Waals surface area contributed by atoms with Crippen molar-refractivity contribution in [1.82, 2.24) is 20.3 Å². The molecule has 0 atom stereocenters. The average molecular weight is 284 g/mol. The van der Waals surface area contributed by atoms with E-state index in [1.54, 1.807) is 12.5 Å². The minimum absolute atomic E-state index is 0.0771. The number of nitrogens with zero attached hydrogens (tertiary/aromatic N) is 3. The number of benzene rings is 1. The SMILES string of the molecule is CC(C)NC(=O)Cn1cc(-c2ccc3occc3c2)nn1. The molecule has 0 aliphatic rings. The fourth-order valence-corrected chi connectivity index (χ4v) is 2.15. The number of nitrogens with one attached hydrogen (secondary N) is 1. The zero-order valence-electron chi connectivity index (χ0n) is 11.9. The first kappa shape index (κ1) is 13.4. The minimum atomic E-state index is -0.0771. The molecule has 108 valence electrons. The van der Waals surface area contributed by atoms with Crippen molar-refractivity contribution in [1.29, 1.82) is 0 Å². The van der Waals surface area contributed by atoms with Gasteiger partial charge in [0.2, 0.25) is 5.91 Å². The maximum atomic E-state index is 11.7. The maximum absolute atomic E-state index is 11.7. The third-order valence-corrected chi connectivity index (χ3v) is 3.04. The highest BCUT2D eigenvalue weighted by Crippen LogP contribution is 2.23. The molecule has 3 rings (SSSR count). The lowest BCUT2D eigenvalue weighted by atomic mass is 10.1. The molecule has 0 unspecified atom stereocenters. The molecule has 1 N–H and O–H groups in total. The van der Waals surface area contributed by atoms with E-state index in [2.05, 4.69) is 15.6 Å². The van der Waals surface area contributed by atoms with Crippen LogP contribution in [0.4, 0.5) is 0 Å². The van der Waals surface area contributed by atoms with Crippen LogP contribution in [0.2, 0.25) is 0 Å². The number of aromatic nitrogens is 3. The van der Waals surface area contributed by atoms with E-state index in [1.807, 2.05) is 38.1 Å². The zero-order chi connectivity index (χ0) is 14.8. The summed E-state index contributed by atoms with van der Waals surface area (Å²) in [5, 5.41) is 11.9. The first-order chi connectivity index (χ1) is 10.1. The Hall–Kier alpha value is -2.63. The van der Waals surface area contributed by atoms with Crippen molar-refractivity contribution in [3.63, 3.8) is 0 Å². The molecular formula is C15H16N4O2. The molecule has 2 aromatic heterocycles. The third kappa shape index (κ3) is 2.94. The standard InChI is InChI=1S/C15H16N4O2/c1-10(2)16-15(20)9-19-8-13(17-18-19)11-3-4-14-12(7-11)5-6-21-14/h3-8,10H,9H2,1-2H3,(H,16,20). The van der Waals surface area contributed by atoms with E-state index < -0.39 is 0 Å². The van der Waals surface area contributed by atoms with Gasteiger partial charge in [0.15, 0.2) is 0 Å². The number of furan rings is 1. The lowest BCUT2D eigenvalue weighted by molar-refractivity contribution is -0.122. The van der Waals surface area contributed by atoms with Gasteiger partial charge in [0.25, 0.3) is 0 Å². The van der Waals surface area contributed by atoms with Gasteiger partial charge in [0.1, 0.15) is 17.8 Å². The van der Waals surface area contributed by atoms with E-state index in [-0.39, 0.29) is 18.5 Å². The van der Waals surface area contributed by atoms with Gasteiger partial charge < -0.3 is 9.73 Å². The topological polar surface area (TPSA) is 73.0 Å². The van der Waals surface area contributed by atoms with Crippen LogP contribution in [-0.4, -0.2) is 26.9 Å². The molecule has 0 aliphatic carbocycles. The third-order valence-electron chi connectivity index (χ3n) is 3.04. The fourth-order valence-electron chi connectivity index (χ4n) is 2.15. The van der Waals surface area contributed by atoms with Gasteiger partial charge in [-0.1, -0.05) is 5.21 Å². The van der Waals surface area contributed by atoms with Crippen LogP contribution in [0.25, 0.3) is 22.2 Å². The van der Waals surface area contributed by atoms with E-state index in [0.717, 1.165) is 22.2 Å². The molecule has 0 radical (unpaired) electrons. The van der Waals surface area contributed by atoms with Crippen molar-refractivity contribution < 1.29 is 9.21 Å². The fraction of sp³-hybridized carbons (Fsp3) is 0.267. The normalized spacial score (nSPS) is 11.2. The highest BCUT2D eigenvalue weighted by molar-refractivity contribution is 5.82. The Bertz CT molecular complexity index is 773. The highest BCUT2D eigenvalue weighted by atomic mass is 16.3. The van der Waals surface area contributed by atoms with Crippen molar-refractivity contribution >= 4 is 16.9 Å². The summed E-state index contributed by atoms with van der Waals surface area (Å²) in [6, 6.07) is 7.83. The molecule has 1 aromatic carbocycles. The second-order valence-electron chi connectivity index (χ2n) is 5.20. The van der Waals surface area contributed by atoms with Crippen LogP contribution in [0.3, 0.4) is 0 Å². The van der Waals surface area contributed by atoms with Gasteiger partial charge >= 0.3 is 0 Å². The van der Waals surface area contributed by atoms with Crippen molar-refractivity contribution in [3.05, 3.63) is 36.7 Å². The summed E-state index contributed by atoms with van der Waals surface area (Å²) in [6.45, 7) is 4.01. The molecule has 1 amide bonds. The quantitative estimate of drug-likeness (QED) is 0.797. The van der Waals surface area contributed by atoms with E-state index in [0.29, 0.717) is 0 Å². The monoisotopic (exact) mass is 284 g/mol. The smallest absolute Gasteiger partial charge is 0.241 e. The second-order valence-corrected chi connectivity index (χ2v) is 5.20. The molecule has 2 heterocycles. The van der Waals surface area contributed by atoms with Gasteiger partial charge in [-0.15, -0.1) is 5.10 Å². The number of fused-ring (bicyclic) bond motifs is 1. The number of hydrogen-bond acceptors (Lipinski definition) is 4. The average Bonchev–Trinajstić information content (AvgIpc) is 3.04. The number of amides is 1. The summed E-state index contributed by atoms with van der Waals surface area (Å²) in [5.74, 6) is -0.0771. The van der Waals surface area contributed by atoms with Crippen molar-refractivity contribution in [2.24, 2.45) is 0 Å². The van der Waals surface area contributed by atoms with Crippen LogP contribution >= 0.6 is 0 Å². The molecule has 0 saturated carbocycles. The Labute approximate surface area is 121 Å². The molecule has 0 spiro atoms. The summed E-state index contributed by atoms with van der Waals surface area (Å²) < 4.78 is 6.84. The van der Waals surface area contributed by atoms with Crippen LogP contribution in [-0.2, 0) is 11.3 Å². The predicted octanol–water partition coefficient (Wildman–Crippen LogP) is 2.22. The van der Waals surface area contributed by atoms with E-state index in [9.17, 15) is 4.79 Å². The highest BCUT2D eigenvalue weighted by Gasteiger charge is 2.09.